The Morgan fingerprint density at radius 3 is 2.74 bits per heavy atom. The van der Waals surface area contributed by atoms with Crippen molar-refractivity contribution in [1.82, 2.24) is 9.88 Å². The van der Waals surface area contributed by atoms with Crippen molar-refractivity contribution in [1.29, 1.82) is 0 Å². The first-order chi connectivity index (χ1) is 12.8. The Bertz CT molecular complexity index is 743. The van der Waals surface area contributed by atoms with Crippen LogP contribution in [0.15, 0.2) is 30.5 Å². The van der Waals surface area contributed by atoms with Gasteiger partial charge in [-0.1, -0.05) is 6.07 Å². The van der Waals surface area contributed by atoms with Gasteiger partial charge in [-0.25, -0.2) is 0 Å². The van der Waals surface area contributed by atoms with E-state index < -0.39 is 0 Å². The highest BCUT2D eigenvalue weighted by Crippen LogP contribution is 2.42. The molecule has 1 saturated heterocycles. The average Bonchev–Trinajstić information content (AvgIpc) is 3.26. The van der Waals surface area contributed by atoms with Gasteiger partial charge in [-0.05, 0) is 77.3 Å². The fourth-order valence-electron chi connectivity index (χ4n) is 4.01. The van der Waals surface area contributed by atoms with Gasteiger partial charge in [0, 0.05) is 40.9 Å². The first-order valence-corrected chi connectivity index (χ1v) is 10.7. The molecule has 0 radical (unpaired) electrons. The van der Waals surface area contributed by atoms with Crippen molar-refractivity contribution in [3.05, 3.63) is 51.7 Å². The molecule has 0 aliphatic carbocycles. The van der Waals surface area contributed by atoms with Gasteiger partial charge in [0.1, 0.15) is 0 Å². The van der Waals surface area contributed by atoms with Gasteiger partial charge in [0.15, 0.2) is 5.13 Å². The summed E-state index contributed by atoms with van der Waals surface area (Å²) in [5.41, 5.74) is 2.36. The van der Waals surface area contributed by atoms with Crippen molar-refractivity contribution in [2.75, 3.05) is 26.3 Å². The van der Waals surface area contributed by atoms with Crippen molar-refractivity contribution in [3.63, 3.8) is 0 Å². The molecule has 2 aromatic rings. The molecule has 3 nitrogen and oxygen atoms in total. The summed E-state index contributed by atoms with van der Waals surface area (Å²) < 4.78 is 19.2. The molecule has 0 aromatic carbocycles. The van der Waals surface area contributed by atoms with E-state index in [-0.39, 0.29) is 16.1 Å². The molecule has 3 rings (SSSR count). The molecule has 1 aliphatic rings. The van der Waals surface area contributed by atoms with E-state index in [0.29, 0.717) is 0 Å². The maximum atomic E-state index is 13.3. The summed E-state index contributed by atoms with van der Waals surface area (Å²) in [6, 6.07) is 7.78. The lowest BCUT2D eigenvalue weighted by molar-refractivity contribution is 0.0386. The molecule has 1 atom stereocenters. The lowest BCUT2D eigenvalue weighted by atomic mass is 9.82. The molecule has 2 aromatic heterocycles. The number of rotatable bonds is 8. The molecule has 0 saturated carbocycles. The van der Waals surface area contributed by atoms with Crippen molar-refractivity contribution in [2.45, 2.75) is 52.5 Å². The molecule has 0 unspecified atom stereocenters. The highest BCUT2D eigenvalue weighted by Gasteiger charge is 2.43. The Hall–Kier alpha value is -1.30. The molecule has 0 amide bonds. The third kappa shape index (κ3) is 4.76. The predicted octanol–water partition coefficient (Wildman–Crippen LogP) is 5.19. The Morgan fingerprint density at radius 1 is 1.30 bits per heavy atom. The minimum atomic E-state index is -0.0927. The van der Waals surface area contributed by atoms with Crippen LogP contribution in [-0.4, -0.2) is 36.2 Å². The minimum absolute atomic E-state index is 0.0658. The first-order valence-electron chi connectivity index (χ1n) is 9.85. The van der Waals surface area contributed by atoms with Gasteiger partial charge in [0.25, 0.3) is 0 Å². The number of pyridine rings is 1. The Kier molecular flexibility index (Phi) is 6.34. The molecule has 0 bridgehead atoms. The van der Waals surface area contributed by atoms with Crippen molar-refractivity contribution in [2.24, 2.45) is 5.41 Å². The van der Waals surface area contributed by atoms with E-state index in [1.165, 1.54) is 16.9 Å². The van der Waals surface area contributed by atoms with Crippen LogP contribution in [0.4, 0.5) is 4.39 Å². The van der Waals surface area contributed by atoms with Gasteiger partial charge >= 0.3 is 0 Å². The number of hydrogen-bond donors (Lipinski definition) is 0. The van der Waals surface area contributed by atoms with Gasteiger partial charge in [0.05, 0.1) is 6.61 Å². The van der Waals surface area contributed by atoms with Gasteiger partial charge in [0.2, 0.25) is 0 Å². The van der Waals surface area contributed by atoms with E-state index in [9.17, 15) is 4.39 Å². The van der Waals surface area contributed by atoms with Gasteiger partial charge in [-0.3, -0.25) is 9.88 Å². The van der Waals surface area contributed by atoms with Crippen LogP contribution in [0.25, 0.3) is 0 Å². The summed E-state index contributed by atoms with van der Waals surface area (Å²) in [4.78, 5) is 8.19. The second kappa shape index (κ2) is 8.38. The number of likely N-dealkylation sites (tertiary alicyclic amines) is 1. The number of thiophene rings is 1. The number of hydrogen-bond acceptors (Lipinski definition) is 4. The molecule has 1 aliphatic heterocycles. The quantitative estimate of drug-likeness (QED) is 0.620. The maximum Gasteiger partial charge on any atom is 0.176 e. The average molecular weight is 391 g/mol. The lowest BCUT2D eigenvalue weighted by Crippen LogP contribution is -2.42. The number of aromatic nitrogens is 1. The van der Waals surface area contributed by atoms with E-state index in [2.05, 4.69) is 42.8 Å². The standard InChI is InChI=1S/C22H31FN2OS/c1-5-26-16-22(11-10-19-8-9-20(23)27-19)12-13-25(15-22)21(3,4)18-7-6-17(2)24-14-18/h6-9,14H,5,10-13,15-16H2,1-4H3/t22-/m0/s1. The zero-order valence-corrected chi connectivity index (χ0v) is 17.7. The molecule has 148 valence electrons. The minimum Gasteiger partial charge on any atom is -0.381 e. The van der Waals surface area contributed by atoms with Crippen LogP contribution in [0.3, 0.4) is 0 Å². The topological polar surface area (TPSA) is 25.4 Å². The summed E-state index contributed by atoms with van der Waals surface area (Å²) in [6.45, 7) is 12.2. The molecule has 3 heterocycles. The number of nitrogens with zero attached hydrogens (tertiary/aromatic N) is 2. The van der Waals surface area contributed by atoms with Gasteiger partial charge in [-0.2, -0.15) is 4.39 Å². The normalized spacial score (nSPS) is 21.1. The summed E-state index contributed by atoms with van der Waals surface area (Å²) in [7, 11) is 0. The van der Waals surface area contributed by atoms with Crippen LogP contribution >= 0.6 is 11.3 Å². The fourth-order valence-corrected chi connectivity index (χ4v) is 4.74. The number of ether oxygens (including phenoxy) is 1. The molecule has 0 spiro atoms. The lowest BCUT2D eigenvalue weighted by Gasteiger charge is -2.38. The van der Waals surface area contributed by atoms with Crippen LogP contribution in [0, 0.1) is 17.5 Å². The molecule has 5 heteroatoms. The second-order valence-corrected chi connectivity index (χ2v) is 9.38. The maximum absolute atomic E-state index is 13.3. The van der Waals surface area contributed by atoms with Crippen LogP contribution < -0.4 is 0 Å². The van der Waals surface area contributed by atoms with E-state index in [4.69, 9.17) is 4.74 Å². The van der Waals surface area contributed by atoms with Crippen LogP contribution in [0.2, 0.25) is 0 Å². The molecule has 1 fully saturated rings. The Balaban J connectivity index is 1.73. The first kappa shape index (κ1) is 20.4. The smallest absolute Gasteiger partial charge is 0.176 e. The summed E-state index contributed by atoms with van der Waals surface area (Å²) in [5, 5.41) is -0.0927. The van der Waals surface area contributed by atoms with Gasteiger partial charge < -0.3 is 4.74 Å². The summed E-state index contributed by atoms with van der Waals surface area (Å²) in [6.07, 6.45) is 5.07. The second-order valence-electron chi connectivity index (χ2n) is 8.26. The third-order valence-corrected chi connectivity index (χ3v) is 6.92. The van der Waals surface area contributed by atoms with Crippen LogP contribution in [0.1, 0.15) is 49.7 Å². The predicted molar refractivity (Wildman–Crippen MR) is 110 cm³/mol. The van der Waals surface area contributed by atoms with Crippen LogP contribution in [0.5, 0.6) is 0 Å². The highest BCUT2D eigenvalue weighted by atomic mass is 32.1. The fraction of sp³-hybridized carbons (Fsp3) is 0.591. The monoisotopic (exact) mass is 390 g/mol. The van der Waals surface area contributed by atoms with Crippen LogP contribution in [-0.2, 0) is 16.7 Å². The highest BCUT2D eigenvalue weighted by molar-refractivity contribution is 7.10. The zero-order valence-electron chi connectivity index (χ0n) is 16.9. The van der Waals surface area contributed by atoms with Crippen molar-refractivity contribution in [3.8, 4) is 0 Å². The van der Waals surface area contributed by atoms with E-state index >= 15 is 0 Å². The molecular weight excluding hydrogens is 359 g/mol. The largest absolute Gasteiger partial charge is 0.381 e. The van der Waals surface area contributed by atoms with Gasteiger partial charge in [-0.15, -0.1) is 11.3 Å². The zero-order chi connectivity index (χ0) is 19.5. The Morgan fingerprint density at radius 2 is 2.11 bits per heavy atom. The summed E-state index contributed by atoms with van der Waals surface area (Å²) >= 11 is 1.27. The third-order valence-electron chi connectivity index (χ3n) is 5.99. The number of aryl methyl sites for hydroxylation is 2. The molecular formula is C22H31FN2OS. The van der Waals surface area contributed by atoms with Crippen molar-refractivity contribution >= 4 is 11.3 Å². The summed E-state index contributed by atoms with van der Waals surface area (Å²) in [5.74, 6) is 0. The Labute approximate surface area is 166 Å². The number of halogens is 1. The van der Waals surface area contributed by atoms with Crippen molar-refractivity contribution < 1.29 is 9.13 Å². The van der Waals surface area contributed by atoms with E-state index in [1.54, 1.807) is 6.07 Å². The molecule has 27 heavy (non-hydrogen) atoms. The SMILES string of the molecule is CCOC[C@@]1(CCc2ccc(F)s2)CCN(C(C)(C)c2ccc(C)nc2)C1. The van der Waals surface area contributed by atoms with E-state index in [0.717, 1.165) is 56.1 Å². The molecule has 0 N–H and O–H groups in total. The van der Waals surface area contributed by atoms with E-state index in [1.807, 2.05) is 19.2 Å².